The molecule has 2 heterocycles. The van der Waals surface area contributed by atoms with Gasteiger partial charge in [-0.3, -0.25) is 4.79 Å². The first-order chi connectivity index (χ1) is 10.2. The lowest BCUT2D eigenvalue weighted by atomic mass is 10.0. The smallest absolute Gasteiger partial charge is 0.318 e. The van der Waals surface area contributed by atoms with Crippen LogP contribution < -0.4 is 0 Å². The van der Waals surface area contributed by atoms with Crippen molar-refractivity contribution >= 4 is 29.5 Å². The Labute approximate surface area is 134 Å². The molecule has 7 heteroatoms. The normalized spacial score (nSPS) is 23.8. The van der Waals surface area contributed by atoms with Crippen LogP contribution in [-0.4, -0.2) is 39.5 Å². The predicted molar refractivity (Wildman–Crippen MR) is 85.7 cm³/mol. The van der Waals surface area contributed by atoms with Crippen LogP contribution in [0.3, 0.4) is 0 Å². The second-order valence-corrected chi connectivity index (χ2v) is 7.69. The van der Waals surface area contributed by atoms with Gasteiger partial charge in [0.2, 0.25) is 5.89 Å². The third kappa shape index (κ3) is 4.16. The summed E-state index contributed by atoms with van der Waals surface area (Å²) in [7, 11) is 0. The van der Waals surface area contributed by atoms with Crippen molar-refractivity contribution in [1.82, 2.24) is 10.1 Å². The highest BCUT2D eigenvalue weighted by Crippen LogP contribution is 2.41. The lowest BCUT2D eigenvalue weighted by Gasteiger charge is -2.24. The highest BCUT2D eigenvalue weighted by molar-refractivity contribution is 8.06. The number of hydrogen-bond donors (Lipinski definition) is 0. The minimum atomic E-state index is -0.437. The number of carbonyl (C=O) groups excluding carboxylic acids is 1. The number of carbonyl (C=O) groups is 1. The van der Waals surface area contributed by atoms with Gasteiger partial charge >= 0.3 is 5.97 Å². The summed E-state index contributed by atoms with van der Waals surface area (Å²) in [4.78, 5) is 16.5. The highest BCUT2D eigenvalue weighted by atomic mass is 32.2. The Balaban J connectivity index is 2.13. The summed E-state index contributed by atoms with van der Waals surface area (Å²) >= 11 is 3.79. The van der Waals surface area contributed by atoms with Crippen molar-refractivity contribution in [2.45, 2.75) is 50.0 Å². The van der Waals surface area contributed by atoms with Crippen LogP contribution in [0.5, 0.6) is 0 Å². The third-order valence-electron chi connectivity index (χ3n) is 3.35. The molecule has 0 N–H and O–H groups in total. The minimum absolute atomic E-state index is 0.241. The molecule has 0 bridgehead atoms. The zero-order valence-corrected chi connectivity index (χ0v) is 14.3. The van der Waals surface area contributed by atoms with Crippen molar-refractivity contribution in [2.24, 2.45) is 0 Å². The molecule has 1 fully saturated rings. The van der Waals surface area contributed by atoms with Crippen LogP contribution in [0.1, 0.15) is 56.5 Å². The molecule has 0 saturated carbocycles. The fourth-order valence-electron chi connectivity index (χ4n) is 2.29. The Morgan fingerprint density at radius 2 is 2.19 bits per heavy atom. The summed E-state index contributed by atoms with van der Waals surface area (Å²) < 4.78 is 10.5. The van der Waals surface area contributed by atoms with Gasteiger partial charge in [0.1, 0.15) is 5.92 Å². The number of aromatic nitrogens is 2. The summed E-state index contributed by atoms with van der Waals surface area (Å²) in [6.07, 6.45) is 1.54. The van der Waals surface area contributed by atoms with Gasteiger partial charge in [-0.1, -0.05) is 25.4 Å². The van der Waals surface area contributed by atoms with Gasteiger partial charge in [-0.2, -0.15) is 16.7 Å². The van der Waals surface area contributed by atoms with E-state index in [0.29, 0.717) is 30.0 Å². The Bertz CT molecular complexity index is 467. The molecule has 0 radical (unpaired) electrons. The molecule has 118 valence electrons. The van der Waals surface area contributed by atoms with Crippen LogP contribution >= 0.6 is 23.5 Å². The van der Waals surface area contributed by atoms with Crippen LogP contribution in [0.25, 0.3) is 0 Å². The summed E-state index contributed by atoms with van der Waals surface area (Å²) in [5.41, 5.74) is 0. The maximum Gasteiger partial charge on any atom is 0.318 e. The minimum Gasteiger partial charge on any atom is -0.465 e. The van der Waals surface area contributed by atoms with Gasteiger partial charge in [0, 0.05) is 16.8 Å². The van der Waals surface area contributed by atoms with E-state index < -0.39 is 5.92 Å². The summed E-state index contributed by atoms with van der Waals surface area (Å²) in [5.74, 6) is 2.66. The first-order valence-electron chi connectivity index (χ1n) is 7.40. The van der Waals surface area contributed by atoms with Crippen molar-refractivity contribution in [1.29, 1.82) is 0 Å². The molecule has 3 unspecified atom stereocenters. The van der Waals surface area contributed by atoms with E-state index >= 15 is 0 Å². The third-order valence-corrected chi connectivity index (χ3v) is 6.43. The van der Waals surface area contributed by atoms with E-state index in [1.165, 1.54) is 0 Å². The first kappa shape index (κ1) is 16.7. The maximum atomic E-state index is 12.0. The molecule has 0 aromatic carbocycles. The molecule has 3 atom stereocenters. The van der Waals surface area contributed by atoms with Crippen molar-refractivity contribution in [3.8, 4) is 0 Å². The number of esters is 1. The number of ether oxygens (including phenoxy) is 1. The van der Waals surface area contributed by atoms with Crippen LogP contribution in [0.2, 0.25) is 0 Å². The lowest BCUT2D eigenvalue weighted by molar-refractivity contribution is -0.145. The summed E-state index contributed by atoms with van der Waals surface area (Å²) in [6.45, 7) is 6.38. The highest BCUT2D eigenvalue weighted by Gasteiger charge is 2.32. The maximum absolute atomic E-state index is 12.0. The Hall–Kier alpha value is -0.690. The zero-order valence-electron chi connectivity index (χ0n) is 12.7. The molecule has 21 heavy (non-hydrogen) atoms. The van der Waals surface area contributed by atoms with Crippen molar-refractivity contribution in [3.63, 3.8) is 0 Å². The van der Waals surface area contributed by atoms with Crippen LogP contribution in [0.15, 0.2) is 4.52 Å². The van der Waals surface area contributed by atoms with E-state index in [4.69, 9.17) is 9.26 Å². The van der Waals surface area contributed by atoms with E-state index in [1.807, 2.05) is 30.4 Å². The van der Waals surface area contributed by atoms with Crippen LogP contribution in [-0.2, 0) is 9.53 Å². The zero-order chi connectivity index (χ0) is 15.2. The van der Waals surface area contributed by atoms with Crippen LogP contribution in [0, 0.1) is 0 Å². The SMILES string of the molecule is CCCC(C(=O)OCC)c1nc(C2SCCSC2C)no1. The topological polar surface area (TPSA) is 65.2 Å². The van der Waals surface area contributed by atoms with Gasteiger partial charge in [-0.15, -0.1) is 11.8 Å². The van der Waals surface area contributed by atoms with Crippen molar-refractivity contribution in [3.05, 3.63) is 11.7 Å². The molecule has 5 nitrogen and oxygen atoms in total. The largest absolute Gasteiger partial charge is 0.465 e. The van der Waals surface area contributed by atoms with Gasteiger partial charge < -0.3 is 9.26 Å². The van der Waals surface area contributed by atoms with Gasteiger partial charge in [-0.05, 0) is 13.3 Å². The second kappa shape index (κ2) is 8.08. The Morgan fingerprint density at radius 3 is 2.86 bits per heavy atom. The number of nitrogens with zero attached hydrogens (tertiary/aromatic N) is 2. The molecule has 1 aromatic heterocycles. The summed E-state index contributed by atoms with van der Waals surface area (Å²) in [5, 5.41) is 4.81. The first-order valence-corrected chi connectivity index (χ1v) is 9.50. The molecule has 1 saturated heterocycles. The second-order valence-electron chi connectivity index (χ2n) is 4.95. The number of hydrogen-bond acceptors (Lipinski definition) is 7. The fourth-order valence-corrected chi connectivity index (χ4v) is 4.97. The van der Waals surface area contributed by atoms with Crippen molar-refractivity contribution < 1.29 is 14.1 Å². The average molecular weight is 330 g/mol. The molecular formula is C14H22N2O3S2. The van der Waals surface area contributed by atoms with Gasteiger partial charge in [-0.25, -0.2) is 0 Å². The number of thioether (sulfide) groups is 2. The van der Waals surface area contributed by atoms with E-state index in [0.717, 1.165) is 17.9 Å². The fraction of sp³-hybridized carbons (Fsp3) is 0.786. The number of rotatable bonds is 6. The molecule has 2 rings (SSSR count). The van der Waals surface area contributed by atoms with Gasteiger partial charge in [0.05, 0.1) is 11.9 Å². The molecule has 1 aliphatic rings. The van der Waals surface area contributed by atoms with Gasteiger partial charge in [0.25, 0.3) is 0 Å². The molecule has 0 aliphatic carbocycles. The quantitative estimate of drug-likeness (QED) is 0.740. The molecular weight excluding hydrogens is 308 g/mol. The molecule has 1 aliphatic heterocycles. The van der Waals surface area contributed by atoms with E-state index in [1.54, 1.807) is 6.92 Å². The summed E-state index contributed by atoms with van der Waals surface area (Å²) in [6, 6.07) is 0. The average Bonchev–Trinajstić information content (AvgIpc) is 2.94. The van der Waals surface area contributed by atoms with Crippen molar-refractivity contribution in [2.75, 3.05) is 18.1 Å². The standard InChI is InChI=1S/C14H22N2O3S2/c1-4-6-10(14(17)18-5-2)13-15-12(16-19-13)11-9(3)20-7-8-21-11/h9-11H,4-8H2,1-3H3. The molecule has 0 spiro atoms. The van der Waals surface area contributed by atoms with E-state index in [-0.39, 0.29) is 11.2 Å². The van der Waals surface area contributed by atoms with E-state index in [9.17, 15) is 4.79 Å². The van der Waals surface area contributed by atoms with Gasteiger partial charge in [0.15, 0.2) is 5.82 Å². The van der Waals surface area contributed by atoms with Crippen LogP contribution in [0.4, 0.5) is 0 Å². The Kier molecular flexibility index (Phi) is 6.41. The molecule has 0 amide bonds. The van der Waals surface area contributed by atoms with E-state index in [2.05, 4.69) is 17.1 Å². The monoisotopic (exact) mass is 330 g/mol. The predicted octanol–water partition coefficient (Wildman–Crippen LogP) is 3.43. The lowest BCUT2D eigenvalue weighted by Crippen LogP contribution is -2.18. The molecule has 1 aromatic rings. The Morgan fingerprint density at radius 1 is 1.43 bits per heavy atom.